The van der Waals surface area contributed by atoms with Crippen LogP contribution in [-0.4, -0.2) is 42.6 Å². The topological polar surface area (TPSA) is 67.9 Å². The lowest BCUT2D eigenvalue weighted by Gasteiger charge is -2.16. The standard InChI is InChI=1S/C21H24N2O4S/c1-4-26-16-9-7-15(8-10-16)22-19-18(17-6-5-13-28-17)20(24)23(21(19)25)11-12-27-14(2)3/h5-10,13-14,22H,4,11-12H2,1-3H3. The van der Waals surface area contributed by atoms with Crippen LogP contribution in [0.2, 0.25) is 0 Å². The van der Waals surface area contributed by atoms with Crippen LogP contribution >= 0.6 is 11.3 Å². The summed E-state index contributed by atoms with van der Waals surface area (Å²) < 4.78 is 11.0. The second-order valence-electron chi connectivity index (χ2n) is 6.49. The molecule has 7 heteroatoms. The molecule has 0 bridgehead atoms. The first-order chi connectivity index (χ1) is 13.5. The first-order valence-electron chi connectivity index (χ1n) is 9.27. The summed E-state index contributed by atoms with van der Waals surface area (Å²) in [7, 11) is 0. The quantitative estimate of drug-likeness (QED) is 0.649. The van der Waals surface area contributed by atoms with Gasteiger partial charge in [-0.25, -0.2) is 0 Å². The fourth-order valence-corrected chi connectivity index (χ4v) is 3.64. The van der Waals surface area contributed by atoms with Crippen LogP contribution in [0.4, 0.5) is 5.69 Å². The number of rotatable bonds is 9. The van der Waals surface area contributed by atoms with Crippen molar-refractivity contribution in [2.24, 2.45) is 0 Å². The van der Waals surface area contributed by atoms with E-state index in [9.17, 15) is 9.59 Å². The van der Waals surface area contributed by atoms with Gasteiger partial charge in [-0.2, -0.15) is 0 Å². The average Bonchev–Trinajstić information content (AvgIpc) is 3.26. The molecule has 1 N–H and O–H groups in total. The minimum atomic E-state index is -0.338. The number of anilines is 1. The molecular weight excluding hydrogens is 376 g/mol. The minimum absolute atomic E-state index is 0.0407. The van der Waals surface area contributed by atoms with E-state index >= 15 is 0 Å². The van der Waals surface area contributed by atoms with Gasteiger partial charge in [-0.15, -0.1) is 11.3 Å². The number of carbonyl (C=O) groups is 2. The van der Waals surface area contributed by atoms with E-state index in [0.29, 0.717) is 30.2 Å². The lowest BCUT2D eigenvalue weighted by molar-refractivity contribution is -0.137. The van der Waals surface area contributed by atoms with E-state index in [1.54, 1.807) is 0 Å². The van der Waals surface area contributed by atoms with Gasteiger partial charge in [0.15, 0.2) is 0 Å². The van der Waals surface area contributed by atoms with Gasteiger partial charge in [0.25, 0.3) is 11.8 Å². The van der Waals surface area contributed by atoms with Crippen molar-refractivity contribution >= 4 is 34.4 Å². The zero-order valence-corrected chi connectivity index (χ0v) is 17.0. The van der Waals surface area contributed by atoms with Gasteiger partial charge in [-0.05, 0) is 56.5 Å². The summed E-state index contributed by atoms with van der Waals surface area (Å²) in [6.45, 7) is 6.87. The van der Waals surface area contributed by atoms with Crippen LogP contribution in [0.25, 0.3) is 5.57 Å². The number of ether oxygens (including phenoxy) is 2. The fourth-order valence-electron chi connectivity index (χ4n) is 2.87. The number of nitrogens with one attached hydrogen (secondary N) is 1. The van der Waals surface area contributed by atoms with Crippen LogP contribution < -0.4 is 10.1 Å². The highest BCUT2D eigenvalue weighted by atomic mass is 32.1. The van der Waals surface area contributed by atoms with Gasteiger partial charge in [0, 0.05) is 10.6 Å². The van der Waals surface area contributed by atoms with Crippen LogP contribution in [0, 0.1) is 0 Å². The van der Waals surface area contributed by atoms with Crippen LogP contribution in [0.1, 0.15) is 25.6 Å². The number of imide groups is 1. The Kier molecular flexibility index (Phi) is 6.49. The normalized spacial score (nSPS) is 14.4. The number of hydrogen-bond acceptors (Lipinski definition) is 6. The third-order valence-electron chi connectivity index (χ3n) is 4.14. The van der Waals surface area contributed by atoms with Gasteiger partial charge in [-0.1, -0.05) is 6.07 Å². The van der Waals surface area contributed by atoms with Gasteiger partial charge in [-0.3, -0.25) is 14.5 Å². The fraction of sp³-hybridized carbons (Fsp3) is 0.333. The van der Waals surface area contributed by atoms with Crippen molar-refractivity contribution in [2.45, 2.75) is 26.9 Å². The highest BCUT2D eigenvalue weighted by molar-refractivity contribution is 7.11. The number of benzene rings is 1. The summed E-state index contributed by atoms with van der Waals surface area (Å²) in [4.78, 5) is 28.0. The SMILES string of the molecule is CCOc1ccc(NC2=C(c3cccs3)C(=O)N(CCOC(C)C)C2=O)cc1. The average molecular weight is 401 g/mol. The largest absolute Gasteiger partial charge is 0.494 e. The first kappa shape index (κ1) is 20.1. The van der Waals surface area contributed by atoms with Crippen molar-refractivity contribution in [1.82, 2.24) is 4.90 Å². The van der Waals surface area contributed by atoms with Crippen molar-refractivity contribution in [2.75, 3.05) is 25.1 Å². The molecule has 0 aliphatic carbocycles. The molecule has 0 unspecified atom stereocenters. The summed E-state index contributed by atoms with van der Waals surface area (Å²) in [5.74, 6) is 0.115. The van der Waals surface area contributed by atoms with Crippen LogP contribution in [0.5, 0.6) is 5.75 Å². The molecule has 2 amide bonds. The highest BCUT2D eigenvalue weighted by Gasteiger charge is 2.39. The third kappa shape index (κ3) is 4.43. The number of carbonyl (C=O) groups excluding carboxylic acids is 2. The molecule has 1 aliphatic rings. The van der Waals surface area contributed by atoms with E-state index in [0.717, 1.165) is 10.6 Å². The molecule has 1 aromatic heterocycles. The summed E-state index contributed by atoms with van der Waals surface area (Å²) in [6.07, 6.45) is 0.0407. The van der Waals surface area contributed by atoms with Crippen LogP contribution in [0.3, 0.4) is 0 Å². The zero-order valence-electron chi connectivity index (χ0n) is 16.2. The highest BCUT2D eigenvalue weighted by Crippen LogP contribution is 2.33. The Bertz CT molecular complexity index is 857. The summed E-state index contributed by atoms with van der Waals surface area (Å²) in [5, 5.41) is 5.02. The summed E-state index contributed by atoms with van der Waals surface area (Å²) >= 11 is 1.43. The maximum absolute atomic E-state index is 13.0. The van der Waals surface area contributed by atoms with Crippen molar-refractivity contribution in [3.63, 3.8) is 0 Å². The summed E-state index contributed by atoms with van der Waals surface area (Å²) in [5.41, 5.74) is 1.41. The predicted octanol–water partition coefficient (Wildman–Crippen LogP) is 3.76. The van der Waals surface area contributed by atoms with Gasteiger partial charge >= 0.3 is 0 Å². The van der Waals surface area contributed by atoms with E-state index in [1.165, 1.54) is 16.2 Å². The maximum Gasteiger partial charge on any atom is 0.278 e. The van der Waals surface area contributed by atoms with Gasteiger partial charge < -0.3 is 14.8 Å². The second-order valence-corrected chi connectivity index (χ2v) is 7.44. The van der Waals surface area contributed by atoms with Crippen molar-refractivity contribution < 1.29 is 19.1 Å². The van der Waals surface area contributed by atoms with E-state index in [4.69, 9.17) is 9.47 Å². The molecule has 0 fully saturated rings. The molecule has 2 heterocycles. The molecule has 0 spiro atoms. The molecule has 0 atom stereocenters. The smallest absolute Gasteiger partial charge is 0.278 e. The van der Waals surface area contributed by atoms with Gasteiger partial charge in [0.2, 0.25) is 0 Å². The van der Waals surface area contributed by atoms with Crippen molar-refractivity contribution in [1.29, 1.82) is 0 Å². The minimum Gasteiger partial charge on any atom is -0.494 e. The van der Waals surface area contributed by atoms with Crippen LogP contribution in [-0.2, 0) is 14.3 Å². The maximum atomic E-state index is 13.0. The first-order valence-corrected chi connectivity index (χ1v) is 10.1. The molecular formula is C21H24N2O4S. The zero-order chi connectivity index (χ0) is 20.1. The number of nitrogens with zero attached hydrogens (tertiary/aromatic N) is 1. The molecule has 0 saturated heterocycles. The number of hydrogen-bond donors (Lipinski definition) is 1. The molecule has 1 aromatic carbocycles. The van der Waals surface area contributed by atoms with Crippen molar-refractivity contribution in [3.05, 3.63) is 52.4 Å². The molecule has 148 valence electrons. The monoisotopic (exact) mass is 400 g/mol. The lowest BCUT2D eigenvalue weighted by Crippen LogP contribution is -2.35. The Morgan fingerprint density at radius 1 is 1.11 bits per heavy atom. The molecule has 0 radical (unpaired) electrons. The molecule has 28 heavy (non-hydrogen) atoms. The van der Waals surface area contributed by atoms with E-state index in [2.05, 4.69) is 5.32 Å². The molecule has 2 aromatic rings. The summed E-state index contributed by atoms with van der Waals surface area (Å²) in [6, 6.07) is 11.0. The van der Waals surface area contributed by atoms with Gasteiger partial charge in [0.1, 0.15) is 11.4 Å². The molecule has 0 saturated carbocycles. The third-order valence-corrected chi connectivity index (χ3v) is 5.02. The Morgan fingerprint density at radius 3 is 2.46 bits per heavy atom. The van der Waals surface area contributed by atoms with E-state index in [-0.39, 0.29) is 24.5 Å². The Morgan fingerprint density at radius 2 is 1.86 bits per heavy atom. The van der Waals surface area contributed by atoms with E-state index in [1.807, 2.05) is 62.5 Å². The Balaban J connectivity index is 1.85. The number of thiophene rings is 1. The van der Waals surface area contributed by atoms with Gasteiger partial charge in [0.05, 0.1) is 31.4 Å². The molecule has 1 aliphatic heterocycles. The van der Waals surface area contributed by atoms with E-state index < -0.39 is 0 Å². The van der Waals surface area contributed by atoms with Crippen LogP contribution in [0.15, 0.2) is 47.5 Å². The van der Waals surface area contributed by atoms with Crippen molar-refractivity contribution in [3.8, 4) is 5.75 Å². The molecule has 3 rings (SSSR count). The Labute approximate surface area is 168 Å². The second kappa shape index (κ2) is 9.03. The predicted molar refractivity (Wildman–Crippen MR) is 110 cm³/mol. The number of amides is 2. The Hall–Kier alpha value is -2.64. The molecule has 6 nitrogen and oxygen atoms in total. The lowest BCUT2D eigenvalue weighted by atomic mass is 10.2.